The van der Waals surface area contributed by atoms with Crippen LogP contribution in [0.5, 0.6) is 0 Å². The molecule has 0 spiro atoms. The molecule has 0 aliphatic heterocycles. The summed E-state index contributed by atoms with van der Waals surface area (Å²) in [6.45, 7) is 3.04. The second-order valence-corrected chi connectivity index (χ2v) is 8.90. The molecule has 0 fully saturated rings. The number of benzene rings is 2. The molecule has 3 rings (SSSR count). The fourth-order valence-corrected chi connectivity index (χ4v) is 4.05. The summed E-state index contributed by atoms with van der Waals surface area (Å²) in [6.07, 6.45) is 1.97. The smallest absolute Gasteiger partial charge is 0.243 e. The van der Waals surface area contributed by atoms with Gasteiger partial charge in [0.2, 0.25) is 27.5 Å². The first kappa shape index (κ1) is 21.6. The van der Waals surface area contributed by atoms with Crippen molar-refractivity contribution >= 4 is 15.9 Å². The van der Waals surface area contributed by atoms with E-state index < -0.39 is 10.0 Å². The van der Waals surface area contributed by atoms with E-state index in [1.807, 2.05) is 36.4 Å². The van der Waals surface area contributed by atoms with Crippen LogP contribution in [-0.2, 0) is 16.6 Å². The van der Waals surface area contributed by atoms with Crippen LogP contribution in [-0.4, -0.2) is 31.3 Å². The third-order valence-electron chi connectivity index (χ3n) is 4.61. The van der Waals surface area contributed by atoms with Gasteiger partial charge in [0.05, 0.1) is 4.90 Å². The van der Waals surface area contributed by atoms with Gasteiger partial charge >= 0.3 is 0 Å². The average Bonchev–Trinajstić information content (AvgIpc) is 3.18. The zero-order chi connectivity index (χ0) is 21.6. The molecule has 0 aliphatic rings. The van der Waals surface area contributed by atoms with Crippen LogP contribution in [0.25, 0.3) is 11.5 Å². The van der Waals surface area contributed by atoms with Crippen LogP contribution < -0.4 is 5.32 Å². The molecular weight excluding hydrogens is 400 g/mol. The van der Waals surface area contributed by atoms with E-state index in [0.29, 0.717) is 18.0 Å². The predicted molar refractivity (Wildman–Crippen MR) is 115 cm³/mol. The van der Waals surface area contributed by atoms with Gasteiger partial charge in [-0.3, -0.25) is 0 Å². The molecule has 30 heavy (non-hydrogen) atoms. The standard InChI is InChI=1S/C22H24N4O3S/c1-3-4-14-24-22-20(15-23)25-21(29-22)18-10-12-19(13-11-18)30(27,28)26(2)16-17-8-6-5-7-9-17/h5-13,24H,3-4,14,16H2,1-2H3. The Kier molecular flexibility index (Phi) is 6.87. The fourth-order valence-electron chi connectivity index (χ4n) is 2.89. The molecule has 0 bridgehead atoms. The van der Waals surface area contributed by atoms with Gasteiger partial charge in [0.25, 0.3) is 0 Å². The second kappa shape index (κ2) is 9.57. The summed E-state index contributed by atoms with van der Waals surface area (Å²) in [5, 5.41) is 12.3. The molecule has 0 aliphatic carbocycles. The Labute approximate surface area is 177 Å². The van der Waals surface area contributed by atoms with Crippen molar-refractivity contribution in [2.45, 2.75) is 31.2 Å². The van der Waals surface area contributed by atoms with E-state index in [4.69, 9.17) is 4.42 Å². The summed E-state index contributed by atoms with van der Waals surface area (Å²) in [5.74, 6) is 0.604. The molecule has 8 heteroatoms. The first-order chi connectivity index (χ1) is 14.5. The van der Waals surface area contributed by atoms with Gasteiger partial charge in [-0.2, -0.15) is 14.6 Å². The summed E-state index contributed by atoms with van der Waals surface area (Å²) < 4.78 is 32.7. The van der Waals surface area contributed by atoms with Gasteiger partial charge in [-0.25, -0.2) is 8.42 Å². The Morgan fingerprint density at radius 2 is 1.83 bits per heavy atom. The van der Waals surface area contributed by atoms with Crippen molar-refractivity contribution in [2.75, 3.05) is 18.9 Å². The van der Waals surface area contributed by atoms with E-state index in [1.54, 1.807) is 19.2 Å². The number of nitriles is 1. The summed E-state index contributed by atoms with van der Waals surface area (Å²) in [4.78, 5) is 4.39. The van der Waals surface area contributed by atoms with E-state index in [-0.39, 0.29) is 23.0 Å². The van der Waals surface area contributed by atoms with Gasteiger partial charge < -0.3 is 9.73 Å². The maximum absolute atomic E-state index is 12.9. The van der Waals surface area contributed by atoms with Crippen molar-refractivity contribution in [2.24, 2.45) is 0 Å². The van der Waals surface area contributed by atoms with Crippen molar-refractivity contribution in [3.8, 4) is 17.5 Å². The van der Waals surface area contributed by atoms with Crippen molar-refractivity contribution in [3.63, 3.8) is 0 Å². The van der Waals surface area contributed by atoms with Crippen LogP contribution in [0.1, 0.15) is 31.0 Å². The lowest BCUT2D eigenvalue weighted by atomic mass is 10.2. The number of anilines is 1. The highest BCUT2D eigenvalue weighted by Crippen LogP contribution is 2.27. The quantitative estimate of drug-likeness (QED) is 0.516. The zero-order valence-electron chi connectivity index (χ0n) is 17.0. The van der Waals surface area contributed by atoms with Crippen LogP contribution in [0.4, 0.5) is 5.88 Å². The monoisotopic (exact) mass is 424 g/mol. The van der Waals surface area contributed by atoms with Crippen LogP contribution in [0, 0.1) is 11.3 Å². The van der Waals surface area contributed by atoms with Crippen LogP contribution in [0.3, 0.4) is 0 Å². The lowest BCUT2D eigenvalue weighted by Gasteiger charge is -2.17. The SMILES string of the molecule is CCCCNc1oc(-c2ccc(S(=O)(=O)N(C)Cc3ccccc3)cc2)nc1C#N. The third kappa shape index (κ3) is 4.87. The van der Waals surface area contributed by atoms with Crippen molar-refractivity contribution < 1.29 is 12.8 Å². The van der Waals surface area contributed by atoms with Crippen LogP contribution >= 0.6 is 0 Å². The second-order valence-electron chi connectivity index (χ2n) is 6.86. The molecule has 0 saturated carbocycles. The minimum Gasteiger partial charge on any atom is -0.419 e. The number of nitrogens with one attached hydrogen (secondary N) is 1. The number of rotatable bonds is 9. The van der Waals surface area contributed by atoms with Crippen LogP contribution in [0.15, 0.2) is 63.9 Å². The van der Waals surface area contributed by atoms with E-state index in [2.05, 4.69) is 17.2 Å². The zero-order valence-corrected chi connectivity index (χ0v) is 17.8. The number of hydrogen-bond acceptors (Lipinski definition) is 6. The van der Waals surface area contributed by atoms with Gasteiger partial charge in [0, 0.05) is 25.7 Å². The molecule has 156 valence electrons. The van der Waals surface area contributed by atoms with Crippen molar-refractivity contribution in [3.05, 3.63) is 65.9 Å². The number of nitrogens with zero attached hydrogens (tertiary/aromatic N) is 3. The maximum Gasteiger partial charge on any atom is 0.243 e. The molecule has 0 atom stereocenters. The van der Waals surface area contributed by atoms with Gasteiger partial charge in [-0.05, 0) is 36.2 Å². The average molecular weight is 425 g/mol. The number of aromatic nitrogens is 1. The van der Waals surface area contributed by atoms with E-state index in [9.17, 15) is 13.7 Å². The summed E-state index contributed by atoms with van der Waals surface area (Å²) in [6, 6.07) is 17.7. The molecule has 1 N–H and O–H groups in total. The lowest BCUT2D eigenvalue weighted by molar-refractivity contribution is 0.466. The fraction of sp³-hybridized carbons (Fsp3) is 0.273. The molecule has 7 nitrogen and oxygen atoms in total. The number of sulfonamides is 1. The summed E-state index contributed by atoms with van der Waals surface area (Å²) >= 11 is 0. The summed E-state index contributed by atoms with van der Waals surface area (Å²) in [7, 11) is -2.09. The van der Waals surface area contributed by atoms with E-state index in [1.165, 1.54) is 16.4 Å². The highest BCUT2D eigenvalue weighted by atomic mass is 32.2. The molecular formula is C22H24N4O3S. The van der Waals surface area contributed by atoms with Gasteiger partial charge in [-0.15, -0.1) is 0 Å². The van der Waals surface area contributed by atoms with Crippen molar-refractivity contribution in [1.29, 1.82) is 5.26 Å². The van der Waals surface area contributed by atoms with Gasteiger partial charge in [0.1, 0.15) is 6.07 Å². The molecule has 0 saturated heterocycles. The topological polar surface area (TPSA) is 99.2 Å². The Hall–Kier alpha value is -3.15. The van der Waals surface area contributed by atoms with Gasteiger partial charge in [-0.1, -0.05) is 43.7 Å². The maximum atomic E-state index is 12.9. The Morgan fingerprint density at radius 3 is 2.47 bits per heavy atom. The van der Waals surface area contributed by atoms with Crippen LogP contribution in [0.2, 0.25) is 0 Å². The number of unbranched alkanes of at least 4 members (excludes halogenated alkanes) is 1. The minimum absolute atomic E-state index is 0.179. The minimum atomic E-state index is -3.64. The Morgan fingerprint density at radius 1 is 1.13 bits per heavy atom. The highest BCUT2D eigenvalue weighted by molar-refractivity contribution is 7.89. The van der Waals surface area contributed by atoms with E-state index >= 15 is 0 Å². The summed E-state index contributed by atoms with van der Waals surface area (Å²) in [5.41, 5.74) is 1.69. The molecule has 0 unspecified atom stereocenters. The normalized spacial score (nSPS) is 11.4. The Balaban J connectivity index is 1.78. The molecule has 0 amide bonds. The third-order valence-corrected chi connectivity index (χ3v) is 6.42. The highest BCUT2D eigenvalue weighted by Gasteiger charge is 2.21. The molecule has 1 heterocycles. The number of oxazole rings is 1. The first-order valence-electron chi connectivity index (χ1n) is 9.71. The van der Waals surface area contributed by atoms with Crippen molar-refractivity contribution in [1.82, 2.24) is 9.29 Å². The predicted octanol–water partition coefficient (Wildman–Crippen LogP) is 4.25. The van der Waals surface area contributed by atoms with E-state index in [0.717, 1.165) is 18.4 Å². The Bertz CT molecular complexity index is 1120. The molecule has 2 aromatic carbocycles. The first-order valence-corrected chi connectivity index (χ1v) is 11.1. The largest absolute Gasteiger partial charge is 0.419 e. The molecule has 1 aromatic heterocycles. The number of hydrogen-bond donors (Lipinski definition) is 1. The van der Waals surface area contributed by atoms with Gasteiger partial charge in [0.15, 0.2) is 0 Å². The molecule has 0 radical (unpaired) electrons. The molecule has 3 aromatic rings. The lowest BCUT2D eigenvalue weighted by Crippen LogP contribution is -2.26.